The van der Waals surface area contributed by atoms with E-state index in [0.717, 1.165) is 19.5 Å². The average Bonchev–Trinajstić information content (AvgIpc) is 2.69. The SMILES string of the molecule is CN(C)CCCNCC(=O)Nc1ccon1. The van der Waals surface area contributed by atoms with Crippen LogP contribution < -0.4 is 10.6 Å². The van der Waals surface area contributed by atoms with E-state index in [-0.39, 0.29) is 5.91 Å². The lowest BCUT2D eigenvalue weighted by Gasteiger charge is -2.09. The van der Waals surface area contributed by atoms with E-state index in [1.807, 2.05) is 14.1 Å². The topological polar surface area (TPSA) is 70.4 Å². The van der Waals surface area contributed by atoms with Gasteiger partial charge in [-0.1, -0.05) is 5.16 Å². The molecule has 1 heterocycles. The molecule has 1 aromatic rings. The summed E-state index contributed by atoms with van der Waals surface area (Å²) in [6.07, 6.45) is 2.43. The molecule has 0 aliphatic heterocycles. The van der Waals surface area contributed by atoms with Crippen molar-refractivity contribution in [3.63, 3.8) is 0 Å². The molecule has 0 aromatic carbocycles. The largest absolute Gasteiger partial charge is 0.363 e. The van der Waals surface area contributed by atoms with Gasteiger partial charge < -0.3 is 20.1 Å². The normalized spacial score (nSPS) is 10.7. The fourth-order valence-electron chi connectivity index (χ4n) is 1.19. The van der Waals surface area contributed by atoms with Gasteiger partial charge in [0.2, 0.25) is 5.91 Å². The summed E-state index contributed by atoms with van der Waals surface area (Å²) >= 11 is 0. The number of rotatable bonds is 7. The first-order valence-corrected chi connectivity index (χ1v) is 5.24. The van der Waals surface area contributed by atoms with E-state index in [4.69, 9.17) is 0 Å². The molecule has 1 amide bonds. The molecule has 0 saturated heterocycles. The van der Waals surface area contributed by atoms with Gasteiger partial charge in [-0.15, -0.1) is 0 Å². The predicted octanol–water partition coefficient (Wildman–Crippen LogP) is 0.154. The summed E-state index contributed by atoms with van der Waals surface area (Å²) in [6.45, 7) is 2.13. The van der Waals surface area contributed by atoms with Crippen molar-refractivity contribution in [3.8, 4) is 0 Å². The first-order valence-electron chi connectivity index (χ1n) is 5.24. The molecule has 0 atom stereocenters. The Hall–Kier alpha value is -1.40. The summed E-state index contributed by atoms with van der Waals surface area (Å²) < 4.78 is 4.59. The van der Waals surface area contributed by atoms with Crippen molar-refractivity contribution in [2.45, 2.75) is 6.42 Å². The number of aromatic nitrogens is 1. The second-order valence-electron chi connectivity index (χ2n) is 3.77. The summed E-state index contributed by atoms with van der Waals surface area (Å²) in [7, 11) is 4.05. The van der Waals surface area contributed by atoms with Crippen LogP contribution in [0.3, 0.4) is 0 Å². The Labute approximate surface area is 95.0 Å². The quantitative estimate of drug-likeness (QED) is 0.648. The van der Waals surface area contributed by atoms with E-state index in [2.05, 4.69) is 25.2 Å². The van der Waals surface area contributed by atoms with Gasteiger partial charge in [0.1, 0.15) is 6.26 Å². The van der Waals surface area contributed by atoms with Crippen LogP contribution in [0, 0.1) is 0 Å². The lowest BCUT2D eigenvalue weighted by atomic mass is 10.4. The lowest BCUT2D eigenvalue weighted by molar-refractivity contribution is -0.115. The van der Waals surface area contributed by atoms with Crippen molar-refractivity contribution in [2.24, 2.45) is 0 Å². The van der Waals surface area contributed by atoms with Gasteiger partial charge in [0.05, 0.1) is 6.54 Å². The maximum absolute atomic E-state index is 11.3. The van der Waals surface area contributed by atoms with Crippen molar-refractivity contribution in [1.29, 1.82) is 0 Å². The summed E-state index contributed by atoms with van der Waals surface area (Å²) in [4.78, 5) is 13.5. The second-order valence-corrected chi connectivity index (χ2v) is 3.77. The maximum atomic E-state index is 11.3. The van der Waals surface area contributed by atoms with Gasteiger partial charge in [-0.25, -0.2) is 0 Å². The smallest absolute Gasteiger partial charge is 0.239 e. The van der Waals surface area contributed by atoms with Crippen LogP contribution >= 0.6 is 0 Å². The summed E-state index contributed by atoms with van der Waals surface area (Å²) in [6, 6.07) is 1.60. The number of amides is 1. The minimum Gasteiger partial charge on any atom is -0.363 e. The third-order valence-electron chi connectivity index (χ3n) is 1.95. The maximum Gasteiger partial charge on any atom is 0.239 e. The molecule has 1 aromatic heterocycles. The van der Waals surface area contributed by atoms with E-state index < -0.39 is 0 Å². The summed E-state index contributed by atoms with van der Waals surface area (Å²) in [5.74, 6) is 0.332. The molecule has 90 valence electrons. The van der Waals surface area contributed by atoms with E-state index >= 15 is 0 Å². The van der Waals surface area contributed by atoms with E-state index in [1.165, 1.54) is 6.26 Å². The minimum absolute atomic E-state index is 0.112. The van der Waals surface area contributed by atoms with Crippen molar-refractivity contribution >= 4 is 11.7 Å². The van der Waals surface area contributed by atoms with Gasteiger partial charge in [-0.2, -0.15) is 0 Å². The van der Waals surface area contributed by atoms with Crippen LogP contribution in [-0.4, -0.2) is 49.7 Å². The minimum atomic E-state index is -0.112. The Kier molecular flexibility index (Phi) is 5.52. The Balaban J connectivity index is 2.03. The lowest BCUT2D eigenvalue weighted by Crippen LogP contribution is -2.30. The zero-order valence-electron chi connectivity index (χ0n) is 9.69. The van der Waals surface area contributed by atoms with Crippen LogP contribution in [0.15, 0.2) is 16.9 Å². The highest BCUT2D eigenvalue weighted by atomic mass is 16.5. The Bertz CT molecular complexity index is 298. The van der Waals surface area contributed by atoms with Crippen LogP contribution in [0.2, 0.25) is 0 Å². The van der Waals surface area contributed by atoms with Gasteiger partial charge in [0.15, 0.2) is 5.82 Å². The number of nitrogens with one attached hydrogen (secondary N) is 2. The molecule has 1 rings (SSSR count). The first kappa shape index (κ1) is 12.7. The molecule has 0 aliphatic carbocycles. The molecule has 0 aliphatic rings. The molecule has 2 N–H and O–H groups in total. The molecule has 16 heavy (non-hydrogen) atoms. The third kappa shape index (κ3) is 5.47. The van der Waals surface area contributed by atoms with Gasteiger partial charge >= 0.3 is 0 Å². The monoisotopic (exact) mass is 226 g/mol. The Morgan fingerprint density at radius 2 is 2.38 bits per heavy atom. The van der Waals surface area contributed by atoms with E-state index in [0.29, 0.717) is 12.4 Å². The van der Waals surface area contributed by atoms with Crippen LogP contribution in [-0.2, 0) is 4.79 Å². The number of nitrogens with zero attached hydrogens (tertiary/aromatic N) is 2. The van der Waals surface area contributed by atoms with Gasteiger partial charge in [0.25, 0.3) is 0 Å². The number of carbonyl (C=O) groups excluding carboxylic acids is 1. The zero-order valence-corrected chi connectivity index (χ0v) is 9.69. The number of anilines is 1. The van der Waals surface area contributed by atoms with Crippen molar-refractivity contribution < 1.29 is 9.32 Å². The summed E-state index contributed by atoms with van der Waals surface area (Å²) in [5.41, 5.74) is 0. The highest BCUT2D eigenvalue weighted by molar-refractivity contribution is 5.91. The fraction of sp³-hybridized carbons (Fsp3) is 0.600. The third-order valence-corrected chi connectivity index (χ3v) is 1.95. The van der Waals surface area contributed by atoms with Crippen LogP contribution in [0.1, 0.15) is 6.42 Å². The van der Waals surface area contributed by atoms with Crippen LogP contribution in [0.5, 0.6) is 0 Å². The number of hydrogen-bond donors (Lipinski definition) is 2. The molecular weight excluding hydrogens is 208 g/mol. The van der Waals surface area contributed by atoms with Gasteiger partial charge in [-0.3, -0.25) is 4.79 Å². The molecule has 6 nitrogen and oxygen atoms in total. The van der Waals surface area contributed by atoms with Crippen molar-refractivity contribution in [2.75, 3.05) is 39.0 Å². The average molecular weight is 226 g/mol. The fourth-order valence-corrected chi connectivity index (χ4v) is 1.19. The molecule has 6 heteroatoms. The molecule has 0 bridgehead atoms. The summed E-state index contributed by atoms with van der Waals surface area (Å²) in [5, 5.41) is 9.24. The molecule has 0 fully saturated rings. The molecular formula is C10H18N4O2. The highest BCUT2D eigenvalue weighted by Gasteiger charge is 2.03. The standard InChI is InChI=1S/C10H18N4O2/c1-14(2)6-3-5-11-8-10(15)12-9-4-7-16-13-9/h4,7,11H,3,5-6,8H2,1-2H3,(H,12,13,15). The number of hydrogen-bond acceptors (Lipinski definition) is 5. The molecule has 0 saturated carbocycles. The Morgan fingerprint density at radius 3 is 3.00 bits per heavy atom. The van der Waals surface area contributed by atoms with Crippen LogP contribution in [0.4, 0.5) is 5.82 Å². The van der Waals surface area contributed by atoms with Gasteiger partial charge in [-0.05, 0) is 33.6 Å². The van der Waals surface area contributed by atoms with Crippen LogP contribution in [0.25, 0.3) is 0 Å². The Morgan fingerprint density at radius 1 is 1.56 bits per heavy atom. The zero-order chi connectivity index (χ0) is 11.8. The highest BCUT2D eigenvalue weighted by Crippen LogP contribution is 1.99. The molecule has 0 unspecified atom stereocenters. The number of carbonyl (C=O) groups is 1. The molecule has 0 radical (unpaired) electrons. The van der Waals surface area contributed by atoms with Gasteiger partial charge in [0, 0.05) is 6.07 Å². The molecule has 0 spiro atoms. The van der Waals surface area contributed by atoms with E-state index in [9.17, 15) is 4.79 Å². The predicted molar refractivity (Wildman–Crippen MR) is 61.2 cm³/mol. The van der Waals surface area contributed by atoms with Crippen molar-refractivity contribution in [1.82, 2.24) is 15.4 Å². The second kappa shape index (κ2) is 6.97. The van der Waals surface area contributed by atoms with E-state index in [1.54, 1.807) is 6.07 Å². The van der Waals surface area contributed by atoms with Crippen molar-refractivity contribution in [3.05, 3.63) is 12.3 Å². The first-order chi connectivity index (χ1) is 7.68.